The molecule has 2 heterocycles. The molecule has 0 radical (unpaired) electrons. The lowest BCUT2D eigenvalue weighted by Gasteiger charge is -2.13. The predicted molar refractivity (Wildman–Crippen MR) is 83.4 cm³/mol. The van der Waals surface area contributed by atoms with Gasteiger partial charge in [0.25, 0.3) is 0 Å². The minimum Gasteiger partial charge on any atom is -0.324 e. The Balaban J connectivity index is 2.18. The van der Waals surface area contributed by atoms with Crippen LogP contribution in [0.25, 0.3) is 11.0 Å². The molecule has 0 saturated carbocycles. The van der Waals surface area contributed by atoms with Gasteiger partial charge in [0.1, 0.15) is 40.5 Å². The van der Waals surface area contributed by atoms with Crippen LogP contribution in [0.4, 0.5) is 0 Å². The summed E-state index contributed by atoms with van der Waals surface area (Å²) in [5, 5.41) is 10.2. The zero-order chi connectivity index (χ0) is 14.3. The summed E-state index contributed by atoms with van der Waals surface area (Å²) in [4.78, 5) is 8.89. The Labute approximate surface area is 131 Å². The summed E-state index contributed by atoms with van der Waals surface area (Å²) in [6, 6.07) is 2.42. The van der Waals surface area contributed by atoms with Crippen LogP contribution in [-0.4, -0.2) is 20.6 Å². The SMILES string of the molecule is Cc1nc(C)c2c(C#N)cn(C3C=CC(OI)C3)c2n1. The van der Waals surface area contributed by atoms with Crippen molar-refractivity contribution in [2.24, 2.45) is 0 Å². The number of hydrogen-bond acceptors (Lipinski definition) is 4. The van der Waals surface area contributed by atoms with Crippen LogP contribution in [0, 0.1) is 25.2 Å². The number of rotatable bonds is 2. The summed E-state index contributed by atoms with van der Waals surface area (Å²) < 4.78 is 7.38. The van der Waals surface area contributed by atoms with E-state index in [9.17, 15) is 5.26 Å². The summed E-state index contributed by atoms with van der Waals surface area (Å²) in [5.74, 6) is 0.725. The molecule has 2 aromatic heterocycles. The minimum atomic E-state index is 0.118. The van der Waals surface area contributed by atoms with Crippen LogP contribution in [0.15, 0.2) is 18.3 Å². The van der Waals surface area contributed by atoms with Crippen molar-refractivity contribution in [2.45, 2.75) is 32.4 Å². The second kappa shape index (κ2) is 5.14. The molecule has 2 aromatic rings. The van der Waals surface area contributed by atoms with E-state index < -0.39 is 0 Å². The summed E-state index contributed by atoms with van der Waals surface area (Å²) in [6.45, 7) is 3.79. The number of fused-ring (bicyclic) bond motifs is 1. The van der Waals surface area contributed by atoms with Crippen molar-refractivity contribution in [3.05, 3.63) is 35.4 Å². The first-order valence-electron chi connectivity index (χ1n) is 6.35. The zero-order valence-corrected chi connectivity index (χ0v) is 13.3. The molecular formula is C14H13IN4O. The summed E-state index contributed by atoms with van der Waals surface area (Å²) in [5.41, 5.74) is 2.31. The van der Waals surface area contributed by atoms with E-state index in [0.29, 0.717) is 5.56 Å². The zero-order valence-electron chi connectivity index (χ0n) is 11.2. The summed E-state index contributed by atoms with van der Waals surface area (Å²) >= 11 is 1.92. The molecule has 5 nitrogen and oxygen atoms in total. The van der Waals surface area contributed by atoms with E-state index >= 15 is 0 Å². The van der Waals surface area contributed by atoms with Crippen molar-refractivity contribution >= 4 is 34.0 Å². The van der Waals surface area contributed by atoms with Gasteiger partial charge in [-0.1, -0.05) is 12.2 Å². The van der Waals surface area contributed by atoms with E-state index in [1.54, 1.807) is 0 Å². The van der Waals surface area contributed by atoms with Crippen LogP contribution in [0.3, 0.4) is 0 Å². The fourth-order valence-corrected chi connectivity index (χ4v) is 3.10. The van der Waals surface area contributed by atoms with Gasteiger partial charge in [-0.3, -0.25) is 0 Å². The van der Waals surface area contributed by atoms with Crippen LogP contribution in [0.5, 0.6) is 0 Å². The molecule has 0 saturated heterocycles. The quantitative estimate of drug-likeness (QED) is 0.593. The first-order valence-corrected chi connectivity index (χ1v) is 7.23. The van der Waals surface area contributed by atoms with E-state index in [-0.39, 0.29) is 12.1 Å². The van der Waals surface area contributed by atoms with Gasteiger partial charge in [-0.2, -0.15) is 5.26 Å². The Kier molecular flexibility index (Phi) is 3.48. The van der Waals surface area contributed by atoms with Crippen molar-refractivity contribution in [2.75, 3.05) is 0 Å². The van der Waals surface area contributed by atoms with Gasteiger partial charge in [0.15, 0.2) is 0 Å². The van der Waals surface area contributed by atoms with Crippen LogP contribution in [0.1, 0.15) is 29.5 Å². The lowest BCUT2D eigenvalue weighted by atomic mass is 10.2. The Morgan fingerprint density at radius 1 is 1.40 bits per heavy atom. The number of aromatic nitrogens is 3. The van der Waals surface area contributed by atoms with Gasteiger partial charge in [-0.25, -0.2) is 9.97 Å². The topological polar surface area (TPSA) is 63.7 Å². The third kappa shape index (κ3) is 2.11. The molecule has 0 amide bonds. The lowest BCUT2D eigenvalue weighted by Crippen LogP contribution is -2.09. The highest BCUT2D eigenvalue weighted by Gasteiger charge is 2.24. The first kappa shape index (κ1) is 13.5. The number of allylic oxidation sites excluding steroid dienone is 1. The second-order valence-corrected chi connectivity index (χ2v) is 5.44. The Hall–Kier alpha value is -1.46. The first-order chi connectivity index (χ1) is 9.63. The molecule has 0 aliphatic heterocycles. The fraction of sp³-hybridized carbons (Fsp3) is 0.357. The van der Waals surface area contributed by atoms with Gasteiger partial charge < -0.3 is 7.63 Å². The van der Waals surface area contributed by atoms with E-state index in [0.717, 1.165) is 29.0 Å². The van der Waals surface area contributed by atoms with E-state index in [2.05, 4.69) is 32.8 Å². The molecular weight excluding hydrogens is 367 g/mol. The molecule has 20 heavy (non-hydrogen) atoms. The van der Waals surface area contributed by atoms with Crippen molar-refractivity contribution in [1.29, 1.82) is 5.26 Å². The molecule has 1 aliphatic carbocycles. The number of nitrogens with zero attached hydrogens (tertiary/aromatic N) is 4. The highest BCUT2D eigenvalue weighted by Crippen LogP contribution is 2.32. The van der Waals surface area contributed by atoms with Crippen molar-refractivity contribution in [1.82, 2.24) is 14.5 Å². The van der Waals surface area contributed by atoms with E-state index in [1.165, 1.54) is 0 Å². The Morgan fingerprint density at radius 2 is 2.20 bits per heavy atom. The average Bonchev–Trinajstić information content (AvgIpc) is 3.01. The maximum absolute atomic E-state index is 9.32. The van der Waals surface area contributed by atoms with Crippen molar-refractivity contribution < 1.29 is 3.07 Å². The minimum absolute atomic E-state index is 0.118. The Morgan fingerprint density at radius 3 is 2.85 bits per heavy atom. The summed E-state index contributed by atoms with van der Waals surface area (Å²) in [6.07, 6.45) is 7.01. The Bertz CT molecular complexity index is 744. The molecule has 0 fully saturated rings. The van der Waals surface area contributed by atoms with Gasteiger partial charge in [0.05, 0.1) is 28.8 Å². The lowest BCUT2D eigenvalue weighted by molar-refractivity contribution is 0.318. The molecule has 6 heteroatoms. The standard InChI is InChI=1S/C14H13IN4O/c1-8-13-10(6-16)7-19(14(13)18-9(2)17-8)11-3-4-12(5-11)20-15/h3-4,7,11-12H,5H2,1-2H3. The maximum Gasteiger partial charge on any atom is 0.145 e. The number of nitriles is 1. The third-order valence-corrected chi connectivity index (χ3v) is 4.23. The van der Waals surface area contributed by atoms with Crippen molar-refractivity contribution in [3.8, 4) is 6.07 Å². The highest BCUT2D eigenvalue weighted by atomic mass is 127. The summed E-state index contributed by atoms with van der Waals surface area (Å²) in [7, 11) is 0. The molecule has 0 spiro atoms. The van der Waals surface area contributed by atoms with Crippen LogP contribution < -0.4 is 0 Å². The number of aryl methyl sites for hydroxylation is 2. The van der Waals surface area contributed by atoms with Crippen LogP contribution in [-0.2, 0) is 3.07 Å². The molecule has 0 N–H and O–H groups in total. The van der Waals surface area contributed by atoms with E-state index in [4.69, 9.17) is 3.07 Å². The molecule has 102 valence electrons. The van der Waals surface area contributed by atoms with Gasteiger partial charge >= 0.3 is 0 Å². The van der Waals surface area contributed by atoms with Gasteiger partial charge in [-0.15, -0.1) is 0 Å². The molecule has 1 aliphatic rings. The third-order valence-electron chi connectivity index (χ3n) is 3.58. The number of halogens is 1. The second-order valence-electron chi connectivity index (χ2n) is 4.93. The fourth-order valence-electron chi connectivity index (χ4n) is 2.72. The normalized spacial score (nSPS) is 21.5. The maximum atomic E-state index is 9.32. The molecule has 0 bridgehead atoms. The monoisotopic (exact) mass is 380 g/mol. The molecule has 2 atom stereocenters. The molecule has 3 rings (SSSR count). The van der Waals surface area contributed by atoms with Crippen LogP contribution >= 0.6 is 23.0 Å². The van der Waals surface area contributed by atoms with Gasteiger partial charge in [-0.05, 0) is 13.8 Å². The van der Waals surface area contributed by atoms with Gasteiger partial charge in [0.2, 0.25) is 0 Å². The van der Waals surface area contributed by atoms with E-state index in [1.807, 2.05) is 43.1 Å². The smallest absolute Gasteiger partial charge is 0.145 e. The average molecular weight is 380 g/mol. The van der Waals surface area contributed by atoms with Crippen molar-refractivity contribution in [3.63, 3.8) is 0 Å². The predicted octanol–water partition coefficient (Wildman–Crippen LogP) is 3.16. The largest absolute Gasteiger partial charge is 0.324 e. The molecule has 0 aromatic carbocycles. The molecule has 2 unspecified atom stereocenters. The van der Waals surface area contributed by atoms with Gasteiger partial charge in [0, 0.05) is 12.6 Å². The number of hydrogen-bond donors (Lipinski definition) is 0. The van der Waals surface area contributed by atoms with Crippen LogP contribution in [0.2, 0.25) is 0 Å². The highest BCUT2D eigenvalue weighted by molar-refractivity contribution is 14.1.